The van der Waals surface area contributed by atoms with Gasteiger partial charge in [0.25, 0.3) is 0 Å². The number of hydrogen-bond donors (Lipinski definition) is 4. The van der Waals surface area contributed by atoms with Crippen molar-refractivity contribution in [2.75, 3.05) is 20.2 Å². The molecule has 0 heterocycles. The van der Waals surface area contributed by atoms with Crippen LogP contribution in [0.3, 0.4) is 0 Å². The summed E-state index contributed by atoms with van der Waals surface area (Å²) in [6.07, 6.45) is -0.190. The first-order chi connectivity index (χ1) is 7.88. The Kier molecular flexibility index (Phi) is 6.64. The van der Waals surface area contributed by atoms with Crippen LogP contribution in [0.4, 0.5) is 4.79 Å². The fourth-order valence-electron chi connectivity index (χ4n) is 1.05. The van der Waals surface area contributed by atoms with Crippen LogP contribution in [0.25, 0.3) is 0 Å². The van der Waals surface area contributed by atoms with E-state index in [2.05, 4.69) is 5.32 Å². The zero-order chi connectivity index (χ0) is 13.4. The lowest BCUT2D eigenvalue weighted by Gasteiger charge is -2.20. The number of aliphatic hydroxyl groups excluding tert-OH is 1. The SMILES string of the molecule is CN(CCO)C(=O)N[C@H](CCC(N)=O)C(=O)O. The van der Waals surface area contributed by atoms with Crippen molar-refractivity contribution in [3.63, 3.8) is 0 Å². The van der Waals surface area contributed by atoms with Gasteiger partial charge in [0.15, 0.2) is 0 Å². The Labute approximate surface area is 98.4 Å². The molecule has 8 heteroatoms. The largest absolute Gasteiger partial charge is 0.480 e. The zero-order valence-corrected chi connectivity index (χ0v) is 9.55. The molecule has 17 heavy (non-hydrogen) atoms. The molecule has 0 aliphatic carbocycles. The van der Waals surface area contributed by atoms with E-state index in [9.17, 15) is 14.4 Å². The van der Waals surface area contributed by atoms with E-state index in [0.29, 0.717) is 0 Å². The van der Waals surface area contributed by atoms with Gasteiger partial charge in [-0.25, -0.2) is 9.59 Å². The lowest BCUT2D eigenvalue weighted by Crippen LogP contribution is -2.47. The van der Waals surface area contributed by atoms with Crippen LogP contribution >= 0.6 is 0 Å². The molecule has 0 aromatic carbocycles. The van der Waals surface area contributed by atoms with E-state index in [-0.39, 0.29) is 26.0 Å². The topological polar surface area (TPSA) is 133 Å². The summed E-state index contributed by atoms with van der Waals surface area (Å²) in [4.78, 5) is 33.9. The number of urea groups is 1. The second-order valence-corrected chi connectivity index (χ2v) is 3.49. The standard InChI is InChI=1S/C9H17N3O5/c1-12(4-5-13)9(17)11-6(8(15)16)2-3-7(10)14/h6,13H,2-5H2,1H3,(H2,10,14)(H,11,17)(H,15,16)/t6-/m1/s1. The molecule has 0 bridgehead atoms. The quantitative estimate of drug-likeness (QED) is 0.427. The van der Waals surface area contributed by atoms with Gasteiger partial charge in [-0.2, -0.15) is 0 Å². The van der Waals surface area contributed by atoms with Gasteiger partial charge in [-0.1, -0.05) is 0 Å². The van der Waals surface area contributed by atoms with Crippen LogP contribution in [0.15, 0.2) is 0 Å². The molecule has 0 saturated heterocycles. The minimum absolute atomic E-state index is 0.0661. The van der Waals surface area contributed by atoms with Gasteiger partial charge in [-0.15, -0.1) is 0 Å². The molecule has 3 amide bonds. The maximum absolute atomic E-state index is 11.4. The third-order valence-corrected chi connectivity index (χ3v) is 2.06. The van der Waals surface area contributed by atoms with Crippen molar-refractivity contribution in [1.82, 2.24) is 10.2 Å². The van der Waals surface area contributed by atoms with Crippen molar-refractivity contribution in [1.29, 1.82) is 0 Å². The average molecular weight is 247 g/mol. The summed E-state index contributed by atoms with van der Waals surface area (Å²) in [6.45, 7) is -0.128. The number of nitrogens with two attached hydrogens (primary N) is 1. The summed E-state index contributed by atoms with van der Waals surface area (Å²) in [6, 6.07) is -1.80. The summed E-state index contributed by atoms with van der Waals surface area (Å²) in [5.74, 6) is -1.87. The molecule has 0 saturated carbocycles. The highest BCUT2D eigenvalue weighted by atomic mass is 16.4. The number of likely N-dealkylation sites (N-methyl/N-ethyl adjacent to an activating group) is 1. The number of hydrogen-bond acceptors (Lipinski definition) is 4. The lowest BCUT2D eigenvalue weighted by atomic mass is 10.1. The van der Waals surface area contributed by atoms with E-state index in [1.54, 1.807) is 0 Å². The van der Waals surface area contributed by atoms with Gasteiger partial charge in [-0.3, -0.25) is 4.79 Å². The highest BCUT2D eigenvalue weighted by Gasteiger charge is 2.21. The van der Waals surface area contributed by atoms with Crippen LogP contribution in [-0.4, -0.2) is 59.3 Å². The van der Waals surface area contributed by atoms with E-state index < -0.39 is 23.9 Å². The van der Waals surface area contributed by atoms with Crippen LogP contribution in [0.2, 0.25) is 0 Å². The Hall–Kier alpha value is -1.83. The van der Waals surface area contributed by atoms with Gasteiger partial charge >= 0.3 is 12.0 Å². The van der Waals surface area contributed by atoms with Crippen molar-refractivity contribution in [3.05, 3.63) is 0 Å². The number of carbonyl (C=O) groups is 3. The van der Waals surface area contributed by atoms with Gasteiger partial charge in [0.1, 0.15) is 6.04 Å². The number of amides is 3. The fourth-order valence-corrected chi connectivity index (χ4v) is 1.05. The molecule has 0 radical (unpaired) electrons. The maximum Gasteiger partial charge on any atom is 0.326 e. The van der Waals surface area contributed by atoms with Gasteiger partial charge in [0.2, 0.25) is 5.91 Å². The van der Waals surface area contributed by atoms with Crippen molar-refractivity contribution >= 4 is 17.9 Å². The van der Waals surface area contributed by atoms with Crippen molar-refractivity contribution in [3.8, 4) is 0 Å². The second kappa shape index (κ2) is 7.44. The molecule has 0 aliphatic heterocycles. The molecule has 0 aromatic heterocycles. The van der Waals surface area contributed by atoms with Gasteiger partial charge in [-0.05, 0) is 6.42 Å². The predicted molar refractivity (Wildman–Crippen MR) is 58.1 cm³/mol. The van der Waals surface area contributed by atoms with E-state index in [1.165, 1.54) is 7.05 Å². The second-order valence-electron chi connectivity index (χ2n) is 3.49. The first-order valence-corrected chi connectivity index (χ1v) is 5.02. The molecule has 5 N–H and O–H groups in total. The molecule has 0 aromatic rings. The maximum atomic E-state index is 11.4. The summed E-state index contributed by atoms with van der Waals surface area (Å²) in [5.41, 5.74) is 4.89. The fraction of sp³-hybridized carbons (Fsp3) is 0.667. The number of carbonyl (C=O) groups excluding carboxylic acids is 2. The first kappa shape index (κ1) is 15.2. The van der Waals surface area contributed by atoms with Gasteiger partial charge < -0.3 is 26.2 Å². The van der Waals surface area contributed by atoms with Gasteiger partial charge in [0, 0.05) is 20.0 Å². The number of primary amides is 1. The molecular formula is C9H17N3O5. The van der Waals surface area contributed by atoms with Crippen LogP contribution in [0.1, 0.15) is 12.8 Å². The molecule has 1 atom stereocenters. The summed E-state index contributed by atoms with van der Waals surface area (Å²) < 4.78 is 0. The van der Waals surface area contributed by atoms with E-state index >= 15 is 0 Å². The summed E-state index contributed by atoms with van der Waals surface area (Å²) >= 11 is 0. The Morgan fingerprint density at radius 2 is 2.00 bits per heavy atom. The van der Waals surface area contributed by atoms with Crippen molar-refractivity contribution in [2.24, 2.45) is 5.73 Å². The Bertz CT molecular complexity index is 294. The molecular weight excluding hydrogens is 230 g/mol. The number of carboxylic acid groups (broad SMARTS) is 1. The number of nitrogens with one attached hydrogen (secondary N) is 1. The molecule has 0 unspecified atom stereocenters. The third kappa shape index (κ3) is 6.36. The molecule has 0 spiro atoms. The summed E-state index contributed by atoms with van der Waals surface area (Å²) in [7, 11) is 1.42. The molecule has 0 aliphatic rings. The van der Waals surface area contributed by atoms with Crippen molar-refractivity contribution < 1.29 is 24.6 Å². The molecule has 98 valence electrons. The Morgan fingerprint density at radius 3 is 2.41 bits per heavy atom. The number of nitrogens with zero attached hydrogens (tertiary/aromatic N) is 1. The first-order valence-electron chi connectivity index (χ1n) is 5.02. The summed E-state index contributed by atoms with van der Waals surface area (Å²) in [5, 5.41) is 19.6. The molecule has 0 fully saturated rings. The van der Waals surface area contributed by atoms with Gasteiger partial charge in [0.05, 0.1) is 6.61 Å². The number of carboxylic acids is 1. The highest BCUT2D eigenvalue weighted by molar-refractivity contribution is 5.83. The minimum Gasteiger partial charge on any atom is -0.480 e. The highest BCUT2D eigenvalue weighted by Crippen LogP contribution is 1.98. The number of rotatable bonds is 7. The minimum atomic E-state index is -1.24. The number of aliphatic hydroxyl groups is 1. The monoisotopic (exact) mass is 247 g/mol. The Morgan fingerprint density at radius 1 is 1.41 bits per heavy atom. The molecule has 0 rings (SSSR count). The van der Waals surface area contributed by atoms with Crippen LogP contribution < -0.4 is 11.1 Å². The third-order valence-electron chi connectivity index (χ3n) is 2.06. The van der Waals surface area contributed by atoms with E-state index in [1.807, 2.05) is 0 Å². The van der Waals surface area contributed by atoms with Crippen LogP contribution in [0.5, 0.6) is 0 Å². The normalized spacial score (nSPS) is 11.6. The van der Waals surface area contributed by atoms with Crippen LogP contribution in [-0.2, 0) is 9.59 Å². The molecule has 8 nitrogen and oxygen atoms in total. The van der Waals surface area contributed by atoms with E-state index in [4.69, 9.17) is 15.9 Å². The lowest BCUT2D eigenvalue weighted by molar-refractivity contribution is -0.139. The van der Waals surface area contributed by atoms with Crippen LogP contribution in [0, 0.1) is 0 Å². The van der Waals surface area contributed by atoms with Crippen molar-refractivity contribution in [2.45, 2.75) is 18.9 Å². The predicted octanol–water partition coefficient (Wildman–Crippen LogP) is -1.66. The van der Waals surface area contributed by atoms with E-state index in [0.717, 1.165) is 4.90 Å². The smallest absolute Gasteiger partial charge is 0.326 e. The average Bonchev–Trinajstić information content (AvgIpc) is 2.23. The Balaban J connectivity index is 4.29. The zero-order valence-electron chi connectivity index (χ0n) is 9.55. The number of aliphatic carboxylic acids is 1.